The van der Waals surface area contributed by atoms with Crippen molar-refractivity contribution in [2.24, 2.45) is 0 Å². The van der Waals surface area contributed by atoms with Gasteiger partial charge in [-0.1, -0.05) is 32.0 Å². The molecule has 7 heteroatoms. The largest absolute Gasteiger partial charge is 0.369 e. The van der Waals surface area contributed by atoms with Crippen LogP contribution < -0.4 is 9.80 Å². The van der Waals surface area contributed by atoms with Gasteiger partial charge in [0.25, 0.3) is 0 Å². The first-order valence-electron chi connectivity index (χ1n) is 10.5. The number of fused-ring (bicyclic) bond motifs is 1. The Labute approximate surface area is 179 Å². The van der Waals surface area contributed by atoms with Crippen LogP contribution in [0.2, 0.25) is 0 Å². The summed E-state index contributed by atoms with van der Waals surface area (Å²) in [5, 5.41) is 0. The SMILES string of the molecule is CCN1C(=O)CC(C)(C)c2cc(S(=O)(=O)N3CCN(c4ccccc4)CC3)ccc21. The number of amides is 1. The Bertz CT molecular complexity index is 1040. The smallest absolute Gasteiger partial charge is 0.243 e. The second kappa shape index (κ2) is 7.71. The van der Waals surface area contributed by atoms with Crippen molar-refractivity contribution in [3.8, 4) is 0 Å². The highest BCUT2D eigenvalue weighted by Gasteiger charge is 2.38. The Morgan fingerprint density at radius 3 is 2.27 bits per heavy atom. The topological polar surface area (TPSA) is 60.9 Å². The summed E-state index contributed by atoms with van der Waals surface area (Å²) < 4.78 is 28.3. The van der Waals surface area contributed by atoms with E-state index in [0.717, 1.165) is 16.9 Å². The van der Waals surface area contributed by atoms with Gasteiger partial charge in [-0.25, -0.2) is 8.42 Å². The molecule has 0 N–H and O–H groups in total. The zero-order chi connectivity index (χ0) is 21.5. The molecule has 0 radical (unpaired) electrons. The summed E-state index contributed by atoms with van der Waals surface area (Å²) in [6.45, 7) is 8.77. The zero-order valence-electron chi connectivity index (χ0n) is 17.8. The molecular formula is C23H29N3O3S. The van der Waals surface area contributed by atoms with Gasteiger partial charge in [-0.05, 0) is 42.8 Å². The summed E-state index contributed by atoms with van der Waals surface area (Å²) >= 11 is 0. The van der Waals surface area contributed by atoms with Crippen molar-refractivity contribution in [1.29, 1.82) is 0 Å². The Kier molecular flexibility index (Phi) is 5.36. The highest BCUT2D eigenvalue weighted by atomic mass is 32.2. The second-order valence-corrected chi connectivity index (χ2v) is 10.5. The van der Waals surface area contributed by atoms with Crippen LogP contribution in [-0.2, 0) is 20.2 Å². The van der Waals surface area contributed by atoms with Crippen molar-refractivity contribution in [2.45, 2.75) is 37.5 Å². The number of hydrogen-bond donors (Lipinski definition) is 0. The summed E-state index contributed by atoms with van der Waals surface area (Å²) in [6.07, 6.45) is 0.382. The first-order chi connectivity index (χ1) is 14.2. The minimum Gasteiger partial charge on any atom is -0.369 e. The maximum absolute atomic E-state index is 13.4. The monoisotopic (exact) mass is 427 g/mol. The van der Waals surface area contributed by atoms with Gasteiger partial charge in [-0.15, -0.1) is 0 Å². The van der Waals surface area contributed by atoms with Gasteiger partial charge >= 0.3 is 0 Å². The van der Waals surface area contributed by atoms with Crippen molar-refractivity contribution in [3.63, 3.8) is 0 Å². The van der Waals surface area contributed by atoms with Crippen molar-refractivity contribution in [1.82, 2.24) is 4.31 Å². The van der Waals surface area contributed by atoms with Gasteiger partial charge in [0.05, 0.1) is 4.90 Å². The summed E-state index contributed by atoms with van der Waals surface area (Å²) in [6, 6.07) is 15.3. The number of nitrogens with zero attached hydrogens (tertiary/aromatic N) is 3. The van der Waals surface area contributed by atoms with E-state index >= 15 is 0 Å². The Morgan fingerprint density at radius 2 is 1.63 bits per heavy atom. The van der Waals surface area contributed by atoms with Crippen LogP contribution >= 0.6 is 0 Å². The van der Waals surface area contributed by atoms with Crippen LogP contribution in [0.5, 0.6) is 0 Å². The van der Waals surface area contributed by atoms with Gasteiger partial charge in [0.2, 0.25) is 15.9 Å². The molecule has 0 aromatic heterocycles. The van der Waals surface area contributed by atoms with Gasteiger partial charge in [-0.2, -0.15) is 4.31 Å². The number of carbonyl (C=O) groups is 1. The number of para-hydroxylation sites is 1. The number of anilines is 2. The first kappa shape index (κ1) is 20.9. The van der Waals surface area contributed by atoms with Crippen LogP contribution in [0.4, 0.5) is 11.4 Å². The lowest BCUT2D eigenvalue weighted by molar-refractivity contribution is -0.120. The number of carbonyl (C=O) groups excluding carboxylic acids is 1. The standard InChI is InChI=1S/C23H29N3O3S/c1-4-26-21-11-10-19(16-20(21)23(2,3)17-22(26)27)30(28,29)25-14-12-24(13-15-25)18-8-6-5-7-9-18/h5-11,16H,4,12-15,17H2,1-3H3. The summed E-state index contributed by atoms with van der Waals surface area (Å²) in [4.78, 5) is 16.7. The fourth-order valence-electron chi connectivity index (χ4n) is 4.48. The van der Waals surface area contributed by atoms with Crippen molar-refractivity contribution >= 4 is 27.3 Å². The molecule has 2 heterocycles. The predicted octanol–water partition coefficient (Wildman–Crippen LogP) is 3.23. The molecule has 0 bridgehead atoms. The lowest BCUT2D eigenvalue weighted by Crippen LogP contribution is -2.48. The Morgan fingerprint density at radius 1 is 0.967 bits per heavy atom. The van der Waals surface area contributed by atoms with E-state index in [2.05, 4.69) is 17.0 Å². The van der Waals surface area contributed by atoms with E-state index in [1.165, 1.54) is 0 Å². The van der Waals surface area contributed by atoms with E-state index < -0.39 is 15.4 Å². The van der Waals surface area contributed by atoms with Crippen molar-refractivity contribution in [3.05, 3.63) is 54.1 Å². The molecular weight excluding hydrogens is 398 g/mol. The third-order valence-electron chi connectivity index (χ3n) is 6.20. The maximum atomic E-state index is 13.4. The van der Waals surface area contributed by atoms with Crippen LogP contribution in [0.25, 0.3) is 0 Å². The highest BCUT2D eigenvalue weighted by Crippen LogP contribution is 2.41. The van der Waals surface area contributed by atoms with Crippen LogP contribution in [0.3, 0.4) is 0 Å². The number of piperazine rings is 1. The molecule has 160 valence electrons. The molecule has 2 aliphatic heterocycles. The number of rotatable bonds is 4. The fourth-order valence-corrected chi connectivity index (χ4v) is 5.93. The molecule has 0 spiro atoms. The molecule has 0 unspecified atom stereocenters. The summed E-state index contributed by atoms with van der Waals surface area (Å²) in [5.41, 5.74) is 2.48. The predicted molar refractivity (Wildman–Crippen MR) is 120 cm³/mol. The molecule has 0 atom stereocenters. The molecule has 4 rings (SSSR count). The zero-order valence-corrected chi connectivity index (χ0v) is 18.7. The average molecular weight is 428 g/mol. The molecule has 6 nitrogen and oxygen atoms in total. The third kappa shape index (κ3) is 3.61. The van der Waals surface area contributed by atoms with Gasteiger partial charge in [0.15, 0.2) is 0 Å². The number of sulfonamides is 1. The Balaban J connectivity index is 1.59. The molecule has 30 heavy (non-hydrogen) atoms. The quantitative estimate of drug-likeness (QED) is 0.752. The van der Waals surface area contributed by atoms with E-state index in [4.69, 9.17) is 0 Å². The van der Waals surface area contributed by atoms with E-state index in [9.17, 15) is 13.2 Å². The third-order valence-corrected chi connectivity index (χ3v) is 8.09. The van der Waals surface area contributed by atoms with Crippen LogP contribution in [0.15, 0.2) is 53.4 Å². The van der Waals surface area contributed by atoms with E-state index in [1.54, 1.807) is 27.4 Å². The summed E-state index contributed by atoms with van der Waals surface area (Å²) in [5.74, 6) is 0.0858. The fraction of sp³-hybridized carbons (Fsp3) is 0.435. The minimum absolute atomic E-state index is 0.0858. The Hall–Kier alpha value is -2.38. The lowest BCUT2D eigenvalue weighted by atomic mass is 9.77. The van der Waals surface area contributed by atoms with Crippen molar-refractivity contribution < 1.29 is 13.2 Å². The lowest BCUT2D eigenvalue weighted by Gasteiger charge is -2.39. The van der Waals surface area contributed by atoms with Crippen LogP contribution in [0, 0.1) is 0 Å². The van der Waals surface area contributed by atoms with Crippen molar-refractivity contribution in [2.75, 3.05) is 42.5 Å². The first-order valence-corrected chi connectivity index (χ1v) is 11.9. The summed E-state index contributed by atoms with van der Waals surface area (Å²) in [7, 11) is -3.59. The average Bonchev–Trinajstić information content (AvgIpc) is 2.74. The molecule has 2 aliphatic rings. The molecule has 0 saturated carbocycles. The van der Waals surface area contributed by atoms with E-state index in [0.29, 0.717) is 44.0 Å². The molecule has 2 aromatic carbocycles. The number of benzene rings is 2. The second-order valence-electron chi connectivity index (χ2n) is 8.60. The van der Waals surface area contributed by atoms with Gasteiger partial charge in [0.1, 0.15) is 0 Å². The molecule has 2 aromatic rings. The van der Waals surface area contributed by atoms with E-state index in [-0.39, 0.29) is 5.91 Å². The minimum atomic E-state index is -3.59. The maximum Gasteiger partial charge on any atom is 0.243 e. The normalized spacial score (nSPS) is 19.6. The van der Waals surface area contributed by atoms with Gasteiger partial charge in [0, 0.05) is 55.9 Å². The van der Waals surface area contributed by atoms with Gasteiger partial charge in [-0.3, -0.25) is 4.79 Å². The van der Waals surface area contributed by atoms with Crippen LogP contribution in [0.1, 0.15) is 32.8 Å². The highest BCUT2D eigenvalue weighted by molar-refractivity contribution is 7.89. The van der Waals surface area contributed by atoms with E-state index in [1.807, 2.05) is 39.0 Å². The van der Waals surface area contributed by atoms with Crippen LogP contribution in [-0.4, -0.2) is 51.4 Å². The molecule has 1 fully saturated rings. The molecule has 1 amide bonds. The van der Waals surface area contributed by atoms with Gasteiger partial charge < -0.3 is 9.80 Å². The number of hydrogen-bond acceptors (Lipinski definition) is 4. The molecule has 1 saturated heterocycles. The molecule has 0 aliphatic carbocycles.